The van der Waals surface area contributed by atoms with Gasteiger partial charge in [0.2, 0.25) is 21.8 Å². The first-order valence-corrected chi connectivity index (χ1v) is 13.4. The summed E-state index contributed by atoms with van der Waals surface area (Å²) < 4.78 is 58.0. The topological polar surface area (TPSA) is 158 Å². The third kappa shape index (κ3) is 8.02. The number of aliphatic carboxylic acids is 1. The highest BCUT2D eigenvalue weighted by Crippen LogP contribution is 2.30. The predicted molar refractivity (Wildman–Crippen MR) is 135 cm³/mol. The van der Waals surface area contributed by atoms with Crippen LogP contribution in [0.2, 0.25) is 0 Å². The minimum Gasteiger partial charge on any atom is -0.475 e. The molecule has 2 atom stereocenters. The Morgan fingerprint density at radius 3 is 2.26 bits per heavy atom. The number of imidazole rings is 1. The van der Waals surface area contributed by atoms with E-state index in [1.807, 2.05) is 55.0 Å². The molecule has 0 saturated carbocycles. The summed E-state index contributed by atoms with van der Waals surface area (Å²) in [5, 5.41) is 9.33. The van der Waals surface area contributed by atoms with Crippen molar-refractivity contribution in [3.8, 4) is 0 Å². The summed E-state index contributed by atoms with van der Waals surface area (Å²) in [6.07, 6.45) is -4.26. The number of hydrogen-bond acceptors (Lipinski definition) is 6. The Morgan fingerprint density at radius 2 is 1.74 bits per heavy atom. The molecule has 39 heavy (non-hydrogen) atoms. The Morgan fingerprint density at radius 1 is 1.13 bits per heavy atom. The van der Waals surface area contributed by atoms with Crippen molar-refractivity contribution in [2.75, 3.05) is 0 Å². The summed E-state index contributed by atoms with van der Waals surface area (Å²) in [7, 11) is -3.68. The summed E-state index contributed by atoms with van der Waals surface area (Å²) in [4.78, 5) is 40.9. The van der Waals surface area contributed by atoms with Crippen molar-refractivity contribution >= 4 is 38.8 Å². The van der Waals surface area contributed by atoms with E-state index in [2.05, 4.69) is 15.3 Å². The van der Waals surface area contributed by atoms with E-state index in [1.165, 1.54) is 0 Å². The van der Waals surface area contributed by atoms with Gasteiger partial charge >= 0.3 is 12.1 Å². The lowest BCUT2D eigenvalue weighted by Crippen LogP contribution is -2.31. The van der Waals surface area contributed by atoms with E-state index in [9.17, 15) is 31.2 Å². The van der Waals surface area contributed by atoms with Crippen LogP contribution < -0.4 is 10.0 Å². The van der Waals surface area contributed by atoms with E-state index >= 15 is 0 Å². The first kappa shape index (κ1) is 29.6. The number of carbonyl (C=O) groups is 3. The Labute approximate surface area is 222 Å². The number of hydrogen-bond donors (Lipinski definition) is 4. The Hall–Kier alpha value is -3.94. The van der Waals surface area contributed by atoms with Gasteiger partial charge < -0.3 is 15.4 Å². The summed E-state index contributed by atoms with van der Waals surface area (Å²) in [6.45, 7) is 3.98. The van der Waals surface area contributed by atoms with Crippen LogP contribution in [-0.2, 0) is 30.8 Å². The molecule has 1 unspecified atom stereocenters. The molecule has 0 aliphatic carbocycles. The molecule has 1 aliphatic rings. The van der Waals surface area contributed by atoms with E-state index in [-0.39, 0.29) is 24.3 Å². The molecule has 0 spiro atoms. The molecule has 4 rings (SSSR count). The van der Waals surface area contributed by atoms with Crippen LogP contribution in [0.25, 0.3) is 11.0 Å². The largest absolute Gasteiger partial charge is 0.490 e. The molecule has 1 saturated heterocycles. The molecule has 2 amide bonds. The number of halogens is 3. The Balaban J connectivity index is 0.000000532. The summed E-state index contributed by atoms with van der Waals surface area (Å²) in [5.41, 5.74) is 3.20. The number of amides is 2. The number of rotatable bonds is 7. The fraction of sp³-hybridized carbons (Fsp3) is 0.360. The molecule has 1 aliphatic heterocycles. The number of alkyl halides is 3. The molecule has 0 radical (unpaired) electrons. The van der Waals surface area contributed by atoms with E-state index in [0.29, 0.717) is 24.2 Å². The van der Waals surface area contributed by atoms with Gasteiger partial charge in [0, 0.05) is 6.42 Å². The SMILES string of the molecule is CC(C)CC(=O)N[C@@H](Cc1ccc(C2CC(=O)NS2(=O)=O)cc1)c1nc2ccccc2[nH]1.O=C(O)C(F)(F)F. The second-order valence-corrected chi connectivity index (χ2v) is 11.2. The third-order valence-corrected chi connectivity index (χ3v) is 7.40. The van der Waals surface area contributed by atoms with Gasteiger partial charge in [0.05, 0.1) is 23.5 Å². The zero-order valence-corrected chi connectivity index (χ0v) is 21.8. The van der Waals surface area contributed by atoms with Crippen molar-refractivity contribution in [2.45, 2.75) is 50.6 Å². The van der Waals surface area contributed by atoms with Crippen molar-refractivity contribution in [3.63, 3.8) is 0 Å². The van der Waals surface area contributed by atoms with E-state index in [0.717, 1.165) is 16.6 Å². The number of carboxylic acid groups (broad SMARTS) is 1. The number of fused-ring (bicyclic) bond motifs is 1. The van der Waals surface area contributed by atoms with Crippen molar-refractivity contribution in [1.82, 2.24) is 20.0 Å². The van der Waals surface area contributed by atoms with Gasteiger partial charge in [-0.05, 0) is 35.6 Å². The maximum absolute atomic E-state index is 12.5. The number of nitrogens with one attached hydrogen (secondary N) is 3. The van der Waals surface area contributed by atoms with Crippen molar-refractivity contribution in [3.05, 3.63) is 65.5 Å². The van der Waals surface area contributed by atoms with Crippen molar-refractivity contribution < 1.29 is 41.1 Å². The molecule has 1 fully saturated rings. The highest BCUT2D eigenvalue weighted by Gasteiger charge is 2.38. The van der Waals surface area contributed by atoms with Crippen LogP contribution in [-0.4, -0.2) is 47.5 Å². The van der Waals surface area contributed by atoms with E-state index < -0.39 is 33.3 Å². The number of carboxylic acids is 1. The zero-order valence-electron chi connectivity index (χ0n) is 20.9. The van der Waals surface area contributed by atoms with Crippen LogP contribution in [0.15, 0.2) is 48.5 Å². The molecule has 10 nitrogen and oxygen atoms in total. The van der Waals surface area contributed by atoms with Crippen LogP contribution in [0, 0.1) is 5.92 Å². The number of aromatic amines is 1. The Bertz CT molecular complexity index is 1420. The second kappa shape index (κ2) is 11.8. The highest BCUT2D eigenvalue weighted by molar-refractivity contribution is 7.90. The van der Waals surface area contributed by atoms with Crippen LogP contribution in [0.4, 0.5) is 13.2 Å². The lowest BCUT2D eigenvalue weighted by atomic mass is 10.0. The number of sulfonamides is 1. The predicted octanol–water partition coefficient (Wildman–Crippen LogP) is 3.53. The number of benzene rings is 2. The first-order valence-electron chi connectivity index (χ1n) is 11.8. The lowest BCUT2D eigenvalue weighted by Gasteiger charge is -2.18. The van der Waals surface area contributed by atoms with Crippen LogP contribution in [0.3, 0.4) is 0 Å². The normalized spacial score (nSPS) is 17.3. The van der Waals surface area contributed by atoms with Gasteiger partial charge in [-0.15, -0.1) is 0 Å². The number of carbonyl (C=O) groups excluding carboxylic acids is 2. The molecule has 1 aromatic heterocycles. The molecule has 210 valence electrons. The minimum atomic E-state index is -5.08. The lowest BCUT2D eigenvalue weighted by molar-refractivity contribution is -0.192. The molecule has 0 bridgehead atoms. The molecular formula is C25H27F3N4O6S. The molecule has 3 aromatic rings. The zero-order chi connectivity index (χ0) is 29.0. The molecular weight excluding hydrogens is 541 g/mol. The number of nitrogens with zero attached hydrogens (tertiary/aromatic N) is 1. The van der Waals surface area contributed by atoms with Gasteiger partial charge in [-0.3, -0.25) is 14.3 Å². The van der Waals surface area contributed by atoms with Crippen LogP contribution >= 0.6 is 0 Å². The first-order chi connectivity index (χ1) is 18.2. The molecule has 4 N–H and O–H groups in total. The van der Waals surface area contributed by atoms with Crippen LogP contribution in [0.1, 0.15) is 54.9 Å². The van der Waals surface area contributed by atoms with Crippen molar-refractivity contribution in [2.24, 2.45) is 5.92 Å². The van der Waals surface area contributed by atoms with Gasteiger partial charge in [-0.25, -0.2) is 18.2 Å². The monoisotopic (exact) mass is 568 g/mol. The fourth-order valence-corrected chi connectivity index (χ4v) is 5.36. The van der Waals surface area contributed by atoms with Gasteiger partial charge in [0.15, 0.2) is 0 Å². The molecule has 2 aromatic carbocycles. The third-order valence-electron chi connectivity index (χ3n) is 5.70. The quantitative estimate of drug-likeness (QED) is 0.339. The van der Waals surface area contributed by atoms with Crippen molar-refractivity contribution in [1.29, 1.82) is 0 Å². The summed E-state index contributed by atoms with van der Waals surface area (Å²) in [6, 6.07) is 14.4. The number of H-pyrrole nitrogens is 1. The average Bonchev–Trinajstić information content (AvgIpc) is 3.37. The fourth-order valence-electron chi connectivity index (χ4n) is 3.93. The number of aromatic nitrogens is 2. The minimum absolute atomic E-state index is 0.0521. The van der Waals surface area contributed by atoms with Crippen LogP contribution in [0.5, 0.6) is 0 Å². The Kier molecular flexibility index (Phi) is 8.99. The summed E-state index contributed by atoms with van der Waals surface area (Å²) in [5.74, 6) is -2.40. The maximum Gasteiger partial charge on any atom is 0.490 e. The van der Waals surface area contributed by atoms with Gasteiger partial charge in [0.25, 0.3) is 0 Å². The van der Waals surface area contributed by atoms with E-state index in [1.54, 1.807) is 12.1 Å². The van der Waals surface area contributed by atoms with Gasteiger partial charge in [0.1, 0.15) is 11.1 Å². The molecule has 14 heteroatoms. The molecule has 2 heterocycles. The van der Waals surface area contributed by atoms with Gasteiger partial charge in [-0.1, -0.05) is 50.2 Å². The average molecular weight is 569 g/mol. The standard InChI is InChI=1S/C23H26N4O4S.C2HF3O2/c1-14(2)11-21(28)24-19(23-25-17-5-3-4-6-18(17)26-23)12-15-7-9-16(10-8-15)20-13-22(29)27-32(20,30)31;3-2(4,5)1(6)7/h3-10,14,19-20H,11-13H2,1-2H3,(H,24,28)(H,25,26)(H,27,29);(H,6,7)/t19-,20?;/m0./s1. The van der Waals surface area contributed by atoms with Gasteiger partial charge in [-0.2, -0.15) is 13.2 Å². The maximum atomic E-state index is 12.5. The number of para-hydroxylation sites is 2. The highest BCUT2D eigenvalue weighted by atomic mass is 32.2. The smallest absolute Gasteiger partial charge is 0.475 e. The second-order valence-electron chi connectivity index (χ2n) is 9.37. The summed E-state index contributed by atoms with van der Waals surface area (Å²) >= 11 is 0. The van der Waals surface area contributed by atoms with E-state index in [4.69, 9.17) is 9.90 Å².